The zero-order valence-electron chi connectivity index (χ0n) is 16.1. The highest BCUT2D eigenvalue weighted by Crippen LogP contribution is 2.13. The van der Waals surface area contributed by atoms with Crippen molar-refractivity contribution < 1.29 is 19.1 Å². The Morgan fingerprint density at radius 1 is 0.821 bits per heavy atom. The largest absolute Gasteiger partial charge is 0.494 e. The quantitative estimate of drug-likeness (QED) is 0.481. The van der Waals surface area contributed by atoms with E-state index in [1.54, 1.807) is 55.5 Å². The van der Waals surface area contributed by atoms with Gasteiger partial charge in [0.05, 0.1) is 6.61 Å². The number of hydrazine groups is 1. The van der Waals surface area contributed by atoms with Crippen LogP contribution in [0.25, 0.3) is 0 Å². The standard InChI is InChI=1S/C21H25N3O4/c1-3-5-14-28-18-12-8-16(9-13-18)21(27)24-23-20(26)15-6-10-17(11-7-15)22-19(25)4-2/h6-13H,3-5,14H2,1-2H3,(H,22,25)(H,23,26)(H,24,27). The van der Waals surface area contributed by atoms with Crippen molar-refractivity contribution in [3.63, 3.8) is 0 Å². The lowest BCUT2D eigenvalue weighted by Gasteiger charge is -2.09. The number of unbranched alkanes of at least 4 members (excludes halogenated alkanes) is 1. The van der Waals surface area contributed by atoms with Gasteiger partial charge >= 0.3 is 0 Å². The Labute approximate surface area is 164 Å². The molecule has 3 amide bonds. The average Bonchev–Trinajstić information content (AvgIpc) is 2.73. The van der Waals surface area contributed by atoms with E-state index in [1.807, 2.05) is 0 Å². The van der Waals surface area contributed by atoms with Gasteiger partial charge in [-0.15, -0.1) is 0 Å². The zero-order chi connectivity index (χ0) is 20.4. The Balaban J connectivity index is 1.84. The number of benzene rings is 2. The highest BCUT2D eigenvalue weighted by Gasteiger charge is 2.10. The molecule has 0 aliphatic rings. The van der Waals surface area contributed by atoms with Crippen LogP contribution in [-0.2, 0) is 4.79 Å². The number of hydrogen-bond acceptors (Lipinski definition) is 4. The molecule has 0 spiro atoms. The zero-order valence-corrected chi connectivity index (χ0v) is 16.1. The molecule has 0 bridgehead atoms. The molecule has 0 radical (unpaired) electrons. The van der Waals surface area contributed by atoms with Crippen LogP contribution < -0.4 is 20.9 Å². The summed E-state index contributed by atoms with van der Waals surface area (Å²) < 4.78 is 5.55. The molecule has 3 N–H and O–H groups in total. The van der Waals surface area contributed by atoms with Crippen molar-refractivity contribution >= 4 is 23.4 Å². The molecular weight excluding hydrogens is 358 g/mol. The Morgan fingerprint density at radius 2 is 1.36 bits per heavy atom. The third kappa shape index (κ3) is 6.42. The summed E-state index contributed by atoms with van der Waals surface area (Å²) in [6.07, 6.45) is 2.40. The second-order valence-corrected chi connectivity index (χ2v) is 6.11. The van der Waals surface area contributed by atoms with Gasteiger partial charge < -0.3 is 10.1 Å². The van der Waals surface area contributed by atoms with Gasteiger partial charge in [0, 0.05) is 23.2 Å². The molecule has 2 rings (SSSR count). The fraction of sp³-hybridized carbons (Fsp3) is 0.286. The lowest BCUT2D eigenvalue weighted by molar-refractivity contribution is -0.115. The maximum absolute atomic E-state index is 12.1. The average molecular weight is 383 g/mol. The number of rotatable bonds is 8. The molecule has 0 aromatic heterocycles. The van der Waals surface area contributed by atoms with Crippen LogP contribution in [0.3, 0.4) is 0 Å². The third-order valence-corrected chi connectivity index (χ3v) is 3.92. The van der Waals surface area contributed by atoms with Crippen LogP contribution in [-0.4, -0.2) is 24.3 Å². The normalized spacial score (nSPS) is 10.1. The predicted octanol–water partition coefficient (Wildman–Crippen LogP) is 3.29. The highest BCUT2D eigenvalue weighted by atomic mass is 16.5. The van der Waals surface area contributed by atoms with Crippen molar-refractivity contribution in [3.8, 4) is 5.75 Å². The minimum atomic E-state index is -0.457. The molecule has 7 heteroatoms. The van der Waals surface area contributed by atoms with Crippen molar-refractivity contribution in [1.82, 2.24) is 10.9 Å². The summed E-state index contributed by atoms with van der Waals surface area (Å²) in [4.78, 5) is 35.6. The van der Waals surface area contributed by atoms with E-state index in [2.05, 4.69) is 23.1 Å². The Hall–Kier alpha value is -3.35. The topological polar surface area (TPSA) is 96.5 Å². The van der Waals surface area contributed by atoms with Gasteiger partial charge in [-0.2, -0.15) is 0 Å². The number of nitrogens with one attached hydrogen (secondary N) is 3. The summed E-state index contributed by atoms with van der Waals surface area (Å²) in [6.45, 7) is 4.48. The van der Waals surface area contributed by atoms with Crippen molar-refractivity contribution in [2.24, 2.45) is 0 Å². The van der Waals surface area contributed by atoms with E-state index in [-0.39, 0.29) is 5.91 Å². The van der Waals surface area contributed by atoms with Crippen LogP contribution in [0, 0.1) is 0 Å². The molecular formula is C21H25N3O4. The van der Waals surface area contributed by atoms with Gasteiger partial charge in [-0.25, -0.2) is 0 Å². The molecule has 148 valence electrons. The van der Waals surface area contributed by atoms with Gasteiger partial charge in [0.2, 0.25) is 5.91 Å². The fourth-order valence-electron chi connectivity index (χ4n) is 2.25. The van der Waals surface area contributed by atoms with Crippen molar-refractivity contribution in [2.75, 3.05) is 11.9 Å². The number of carbonyl (C=O) groups excluding carboxylic acids is 3. The molecule has 0 unspecified atom stereocenters. The Bertz CT molecular complexity index is 801. The highest BCUT2D eigenvalue weighted by molar-refractivity contribution is 5.99. The number of carbonyl (C=O) groups is 3. The van der Waals surface area contributed by atoms with E-state index in [0.29, 0.717) is 35.6 Å². The first-order chi connectivity index (χ1) is 13.5. The summed E-state index contributed by atoms with van der Waals surface area (Å²) >= 11 is 0. The smallest absolute Gasteiger partial charge is 0.269 e. The summed E-state index contributed by atoms with van der Waals surface area (Å²) in [7, 11) is 0. The fourth-order valence-corrected chi connectivity index (χ4v) is 2.25. The first kappa shape index (κ1) is 21.0. The van der Waals surface area contributed by atoms with Crippen LogP contribution in [0.15, 0.2) is 48.5 Å². The number of ether oxygens (including phenoxy) is 1. The van der Waals surface area contributed by atoms with Crippen LogP contribution in [0.2, 0.25) is 0 Å². The van der Waals surface area contributed by atoms with Gasteiger partial charge in [0.15, 0.2) is 0 Å². The molecule has 0 saturated carbocycles. The molecule has 0 fully saturated rings. The molecule has 0 aliphatic heterocycles. The van der Waals surface area contributed by atoms with Gasteiger partial charge in [-0.1, -0.05) is 20.3 Å². The van der Waals surface area contributed by atoms with E-state index in [0.717, 1.165) is 12.8 Å². The lowest BCUT2D eigenvalue weighted by Crippen LogP contribution is -2.41. The minimum Gasteiger partial charge on any atom is -0.494 e. The summed E-state index contributed by atoms with van der Waals surface area (Å²) in [6, 6.07) is 13.1. The number of anilines is 1. The number of hydrogen-bond donors (Lipinski definition) is 3. The van der Waals surface area contributed by atoms with E-state index < -0.39 is 11.8 Å². The molecule has 2 aromatic carbocycles. The minimum absolute atomic E-state index is 0.105. The van der Waals surface area contributed by atoms with Crippen LogP contribution in [0.1, 0.15) is 53.8 Å². The van der Waals surface area contributed by atoms with E-state index >= 15 is 0 Å². The van der Waals surface area contributed by atoms with E-state index in [1.165, 1.54) is 0 Å². The van der Waals surface area contributed by atoms with E-state index in [9.17, 15) is 14.4 Å². The Kier molecular flexibility index (Phi) is 8.02. The third-order valence-electron chi connectivity index (χ3n) is 3.92. The maximum atomic E-state index is 12.1. The maximum Gasteiger partial charge on any atom is 0.269 e. The van der Waals surface area contributed by atoms with Crippen molar-refractivity contribution in [3.05, 3.63) is 59.7 Å². The predicted molar refractivity (Wildman–Crippen MR) is 107 cm³/mol. The first-order valence-electron chi connectivity index (χ1n) is 9.27. The molecule has 0 atom stereocenters. The first-order valence-corrected chi connectivity index (χ1v) is 9.27. The van der Waals surface area contributed by atoms with Gasteiger partial charge in [-0.3, -0.25) is 25.2 Å². The number of amides is 3. The molecule has 0 heterocycles. The summed E-state index contributed by atoms with van der Waals surface area (Å²) in [5, 5.41) is 2.70. The second kappa shape index (κ2) is 10.7. The SMILES string of the molecule is CCCCOc1ccc(C(=O)NNC(=O)c2ccc(NC(=O)CC)cc2)cc1. The summed E-state index contributed by atoms with van der Waals surface area (Å²) in [5.41, 5.74) is 6.11. The van der Waals surface area contributed by atoms with Crippen LogP contribution in [0.5, 0.6) is 5.75 Å². The van der Waals surface area contributed by atoms with Gasteiger partial charge in [-0.05, 0) is 55.0 Å². The Morgan fingerprint density at radius 3 is 1.86 bits per heavy atom. The van der Waals surface area contributed by atoms with Crippen LogP contribution >= 0.6 is 0 Å². The van der Waals surface area contributed by atoms with Crippen molar-refractivity contribution in [2.45, 2.75) is 33.1 Å². The van der Waals surface area contributed by atoms with Gasteiger partial charge in [0.1, 0.15) is 5.75 Å². The lowest BCUT2D eigenvalue weighted by atomic mass is 10.2. The second-order valence-electron chi connectivity index (χ2n) is 6.11. The molecule has 2 aromatic rings. The van der Waals surface area contributed by atoms with Gasteiger partial charge in [0.25, 0.3) is 11.8 Å². The molecule has 0 saturated heterocycles. The molecule has 28 heavy (non-hydrogen) atoms. The molecule has 7 nitrogen and oxygen atoms in total. The monoisotopic (exact) mass is 383 g/mol. The molecule has 0 aliphatic carbocycles. The van der Waals surface area contributed by atoms with Crippen LogP contribution in [0.4, 0.5) is 5.69 Å². The van der Waals surface area contributed by atoms with E-state index in [4.69, 9.17) is 4.74 Å². The van der Waals surface area contributed by atoms with Crippen molar-refractivity contribution in [1.29, 1.82) is 0 Å². The summed E-state index contributed by atoms with van der Waals surface area (Å²) in [5.74, 6) is -0.294.